The van der Waals surface area contributed by atoms with E-state index in [-0.39, 0.29) is 6.10 Å². The number of benzene rings is 1. The summed E-state index contributed by atoms with van der Waals surface area (Å²) in [6.07, 6.45) is -1.97. The fourth-order valence-corrected chi connectivity index (χ4v) is 1.05. The van der Waals surface area contributed by atoms with Crippen LogP contribution in [0, 0.1) is 0 Å². The Morgan fingerprint density at radius 2 is 1.86 bits per heavy atom. The molecule has 2 nitrogen and oxygen atoms in total. The van der Waals surface area contributed by atoms with Crippen LogP contribution < -0.4 is 0 Å². The largest absolute Gasteiger partial charge is 0.461 e. The molecule has 1 atom stereocenters. The maximum atomic E-state index is 13.4. The van der Waals surface area contributed by atoms with E-state index in [0.717, 1.165) is 0 Å². The van der Waals surface area contributed by atoms with Gasteiger partial charge < -0.3 is 4.74 Å². The minimum atomic E-state index is -1.68. The Labute approximate surface area is 82.7 Å². The van der Waals surface area contributed by atoms with Crippen molar-refractivity contribution in [1.82, 2.24) is 0 Å². The normalized spacial score (nSPS) is 12.6. The molecule has 0 saturated carbocycles. The summed E-state index contributed by atoms with van der Waals surface area (Å²) in [6, 6.07) is 8.26. The number of carbonyl (C=O) groups is 1. The molecule has 0 aliphatic rings. The van der Waals surface area contributed by atoms with Gasteiger partial charge in [0, 0.05) is 0 Å². The average Bonchev–Trinajstić information content (AvgIpc) is 2.17. The second-order valence-corrected chi connectivity index (χ2v) is 3.26. The van der Waals surface area contributed by atoms with Gasteiger partial charge in [-0.15, -0.1) is 0 Å². The van der Waals surface area contributed by atoms with Crippen molar-refractivity contribution in [3.63, 3.8) is 0 Å². The molecule has 0 aromatic heterocycles. The molecule has 0 amide bonds. The van der Waals surface area contributed by atoms with E-state index in [0.29, 0.717) is 5.56 Å². The lowest BCUT2D eigenvalue weighted by molar-refractivity contribution is -0.153. The van der Waals surface area contributed by atoms with Crippen LogP contribution in [0.1, 0.15) is 25.6 Å². The monoisotopic (exact) mass is 196 g/mol. The fourth-order valence-electron chi connectivity index (χ4n) is 1.05. The first-order chi connectivity index (χ1) is 6.61. The fraction of sp³-hybridized carbons (Fsp3) is 0.364. The Hall–Kier alpha value is -1.38. The second kappa shape index (κ2) is 4.74. The molecule has 14 heavy (non-hydrogen) atoms. The number of carbonyl (C=O) groups excluding carboxylic acids is 1. The van der Waals surface area contributed by atoms with Gasteiger partial charge in [-0.25, -0.2) is 9.18 Å². The van der Waals surface area contributed by atoms with Crippen molar-refractivity contribution in [2.45, 2.75) is 26.1 Å². The van der Waals surface area contributed by atoms with Crippen LogP contribution >= 0.6 is 0 Å². The molecule has 0 saturated heterocycles. The summed E-state index contributed by atoms with van der Waals surface area (Å²) in [5.41, 5.74) is 0.332. The van der Waals surface area contributed by atoms with Gasteiger partial charge in [0.25, 0.3) is 0 Å². The first kappa shape index (κ1) is 10.7. The van der Waals surface area contributed by atoms with Gasteiger partial charge in [-0.05, 0) is 19.4 Å². The number of esters is 1. The minimum Gasteiger partial charge on any atom is -0.461 e. The number of rotatable bonds is 3. The van der Waals surface area contributed by atoms with Crippen molar-refractivity contribution in [3.05, 3.63) is 35.9 Å². The molecule has 0 heterocycles. The summed E-state index contributed by atoms with van der Waals surface area (Å²) in [7, 11) is 0. The van der Waals surface area contributed by atoms with Crippen LogP contribution in [0.15, 0.2) is 30.3 Å². The van der Waals surface area contributed by atoms with Gasteiger partial charge in [0.2, 0.25) is 6.17 Å². The molecule has 0 bridgehead atoms. The van der Waals surface area contributed by atoms with E-state index in [2.05, 4.69) is 0 Å². The highest BCUT2D eigenvalue weighted by molar-refractivity contribution is 5.76. The van der Waals surface area contributed by atoms with Crippen molar-refractivity contribution in [3.8, 4) is 0 Å². The first-order valence-corrected chi connectivity index (χ1v) is 4.50. The smallest absolute Gasteiger partial charge is 0.345 e. The van der Waals surface area contributed by atoms with E-state index in [1.54, 1.807) is 44.2 Å². The molecule has 1 aromatic carbocycles. The van der Waals surface area contributed by atoms with Crippen molar-refractivity contribution in [2.75, 3.05) is 0 Å². The lowest BCUT2D eigenvalue weighted by atomic mass is 10.1. The van der Waals surface area contributed by atoms with Gasteiger partial charge >= 0.3 is 5.97 Å². The summed E-state index contributed by atoms with van der Waals surface area (Å²) in [4.78, 5) is 11.2. The van der Waals surface area contributed by atoms with E-state index in [9.17, 15) is 9.18 Å². The van der Waals surface area contributed by atoms with Crippen LogP contribution in [0.4, 0.5) is 4.39 Å². The number of ether oxygens (including phenoxy) is 1. The van der Waals surface area contributed by atoms with E-state index in [1.165, 1.54) is 0 Å². The highest BCUT2D eigenvalue weighted by Crippen LogP contribution is 2.18. The molecule has 1 rings (SSSR count). The van der Waals surface area contributed by atoms with Crippen molar-refractivity contribution < 1.29 is 13.9 Å². The Kier molecular flexibility index (Phi) is 3.63. The Morgan fingerprint density at radius 1 is 1.29 bits per heavy atom. The minimum absolute atomic E-state index is 0.288. The zero-order chi connectivity index (χ0) is 10.6. The summed E-state index contributed by atoms with van der Waals surface area (Å²) in [5, 5.41) is 0. The van der Waals surface area contributed by atoms with Gasteiger partial charge in [-0.1, -0.05) is 30.3 Å². The van der Waals surface area contributed by atoms with E-state index < -0.39 is 12.1 Å². The standard InChI is InChI=1S/C11H13FO2/c1-8(2)14-11(13)10(12)9-6-4-3-5-7-9/h3-8,10H,1-2H3. The van der Waals surface area contributed by atoms with Crippen LogP contribution in [-0.4, -0.2) is 12.1 Å². The maximum Gasteiger partial charge on any atom is 0.345 e. The van der Waals surface area contributed by atoms with Gasteiger partial charge in [0.1, 0.15) is 0 Å². The van der Waals surface area contributed by atoms with Crippen molar-refractivity contribution >= 4 is 5.97 Å². The SMILES string of the molecule is CC(C)OC(=O)C(F)c1ccccc1. The van der Waals surface area contributed by atoms with Crippen LogP contribution in [0.3, 0.4) is 0 Å². The third-order valence-corrected chi connectivity index (χ3v) is 1.65. The van der Waals surface area contributed by atoms with E-state index in [1.807, 2.05) is 0 Å². The Bertz CT molecular complexity index is 295. The van der Waals surface area contributed by atoms with Crippen LogP contribution in [-0.2, 0) is 9.53 Å². The van der Waals surface area contributed by atoms with Crippen LogP contribution in [0.2, 0.25) is 0 Å². The molecule has 0 fully saturated rings. The average molecular weight is 196 g/mol. The molecule has 0 spiro atoms. The molecule has 76 valence electrons. The summed E-state index contributed by atoms with van der Waals surface area (Å²) < 4.78 is 18.2. The topological polar surface area (TPSA) is 26.3 Å². The number of hydrogen-bond donors (Lipinski definition) is 0. The summed E-state index contributed by atoms with van der Waals surface area (Å²) in [5.74, 6) is -0.828. The van der Waals surface area contributed by atoms with E-state index in [4.69, 9.17) is 4.74 Å². The zero-order valence-electron chi connectivity index (χ0n) is 8.24. The third-order valence-electron chi connectivity index (χ3n) is 1.65. The predicted octanol–water partition coefficient (Wildman–Crippen LogP) is 2.65. The zero-order valence-corrected chi connectivity index (χ0v) is 8.24. The Balaban J connectivity index is 2.66. The quantitative estimate of drug-likeness (QED) is 0.695. The lowest BCUT2D eigenvalue weighted by Gasteiger charge is -2.11. The van der Waals surface area contributed by atoms with Crippen molar-refractivity contribution in [2.24, 2.45) is 0 Å². The molecular weight excluding hydrogens is 183 g/mol. The second-order valence-electron chi connectivity index (χ2n) is 3.26. The molecular formula is C11H13FO2. The van der Waals surface area contributed by atoms with Crippen molar-refractivity contribution in [1.29, 1.82) is 0 Å². The van der Waals surface area contributed by atoms with E-state index >= 15 is 0 Å². The summed E-state index contributed by atoms with van der Waals surface area (Å²) in [6.45, 7) is 3.38. The molecule has 1 aromatic rings. The first-order valence-electron chi connectivity index (χ1n) is 4.50. The number of hydrogen-bond acceptors (Lipinski definition) is 2. The molecule has 0 aliphatic heterocycles. The number of halogens is 1. The Morgan fingerprint density at radius 3 is 2.36 bits per heavy atom. The van der Waals surface area contributed by atoms with Gasteiger partial charge in [-0.3, -0.25) is 0 Å². The summed E-state index contributed by atoms with van der Waals surface area (Å²) >= 11 is 0. The molecule has 3 heteroatoms. The lowest BCUT2D eigenvalue weighted by Crippen LogP contribution is -2.16. The predicted molar refractivity (Wildman–Crippen MR) is 51.5 cm³/mol. The maximum absolute atomic E-state index is 13.4. The van der Waals surface area contributed by atoms with Gasteiger partial charge in [0.05, 0.1) is 6.10 Å². The third kappa shape index (κ3) is 2.83. The number of alkyl halides is 1. The van der Waals surface area contributed by atoms with Gasteiger partial charge in [0.15, 0.2) is 0 Å². The highest BCUT2D eigenvalue weighted by Gasteiger charge is 2.21. The molecule has 1 unspecified atom stereocenters. The highest BCUT2D eigenvalue weighted by atomic mass is 19.1. The molecule has 0 N–H and O–H groups in total. The van der Waals surface area contributed by atoms with Crippen LogP contribution in [0.25, 0.3) is 0 Å². The van der Waals surface area contributed by atoms with Crippen LogP contribution in [0.5, 0.6) is 0 Å². The van der Waals surface area contributed by atoms with Gasteiger partial charge in [-0.2, -0.15) is 0 Å². The molecule has 0 radical (unpaired) electrons. The molecule has 0 aliphatic carbocycles.